The maximum absolute atomic E-state index is 12.5. The van der Waals surface area contributed by atoms with E-state index in [2.05, 4.69) is 67.8 Å². The molecule has 82 heavy (non-hydrogen) atoms. The van der Waals surface area contributed by atoms with Crippen molar-refractivity contribution in [2.75, 3.05) is 13.2 Å². The Hall–Kier alpha value is -2.44. The quantitative estimate of drug-likeness (QED) is 0.0320. The molecule has 1 amide bonds. The monoisotopic (exact) mass is 1150 g/mol. The number of esters is 1. The first-order valence-electron chi connectivity index (χ1n) is 36.6. The fraction of sp³-hybridized carbons (Fsp3) is 0.842. The van der Waals surface area contributed by atoms with Crippen LogP contribution in [0.3, 0.4) is 0 Å². The molecule has 0 saturated carbocycles. The predicted octanol–water partition coefficient (Wildman–Crippen LogP) is 23.8. The van der Waals surface area contributed by atoms with E-state index in [4.69, 9.17) is 4.74 Å². The van der Waals surface area contributed by atoms with Crippen LogP contribution in [0.25, 0.3) is 0 Å². The topological polar surface area (TPSA) is 95.9 Å². The second-order valence-electron chi connectivity index (χ2n) is 24.9. The average Bonchev–Trinajstić information content (AvgIpc) is 3.48. The zero-order valence-corrected chi connectivity index (χ0v) is 55.0. The molecule has 6 nitrogen and oxygen atoms in total. The number of nitrogens with one attached hydrogen (secondary N) is 1. The zero-order chi connectivity index (χ0) is 59.2. The van der Waals surface area contributed by atoms with Crippen molar-refractivity contribution in [3.63, 3.8) is 0 Å². The number of aliphatic hydroxyl groups excluding tert-OH is 2. The first kappa shape index (κ1) is 79.6. The molecule has 2 atom stereocenters. The van der Waals surface area contributed by atoms with Gasteiger partial charge in [-0.05, 0) is 96.3 Å². The van der Waals surface area contributed by atoms with Crippen LogP contribution in [0.5, 0.6) is 0 Å². The molecule has 0 aliphatic carbocycles. The lowest BCUT2D eigenvalue weighted by molar-refractivity contribution is -0.143. The van der Waals surface area contributed by atoms with Gasteiger partial charge in [-0.15, -0.1) is 0 Å². The summed E-state index contributed by atoms with van der Waals surface area (Å²) < 4.78 is 5.48. The summed E-state index contributed by atoms with van der Waals surface area (Å²) in [5.41, 5.74) is 0. The summed E-state index contributed by atoms with van der Waals surface area (Å²) in [5, 5.41) is 23.2. The van der Waals surface area contributed by atoms with Gasteiger partial charge in [0, 0.05) is 12.8 Å². The van der Waals surface area contributed by atoms with Crippen molar-refractivity contribution in [3.05, 3.63) is 60.8 Å². The lowest BCUT2D eigenvalue weighted by Crippen LogP contribution is -2.45. The molecule has 0 radical (unpaired) electrons. The average molecular weight is 1150 g/mol. The van der Waals surface area contributed by atoms with Crippen LogP contribution in [0.15, 0.2) is 60.8 Å². The summed E-state index contributed by atoms with van der Waals surface area (Å²) in [6.07, 6.45) is 94.5. The molecule has 0 spiro atoms. The number of ether oxygens (including phenoxy) is 1. The van der Waals surface area contributed by atoms with Crippen LogP contribution in [0.4, 0.5) is 0 Å². The molecular weight excluding hydrogens is 1010 g/mol. The minimum Gasteiger partial charge on any atom is -0.466 e. The third kappa shape index (κ3) is 66.7. The van der Waals surface area contributed by atoms with E-state index in [1.54, 1.807) is 6.08 Å². The van der Waals surface area contributed by atoms with Gasteiger partial charge in [-0.25, -0.2) is 0 Å². The first-order valence-corrected chi connectivity index (χ1v) is 36.6. The molecule has 0 aromatic heterocycles. The molecule has 0 aliphatic rings. The van der Waals surface area contributed by atoms with Crippen molar-refractivity contribution in [2.24, 2.45) is 0 Å². The number of hydrogen-bond acceptors (Lipinski definition) is 5. The van der Waals surface area contributed by atoms with Crippen LogP contribution < -0.4 is 5.32 Å². The smallest absolute Gasteiger partial charge is 0.305 e. The Morgan fingerprint density at radius 1 is 0.341 bits per heavy atom. The van der Waals surface area contributed by atoms with E-state index < -0.39 is 12.1 Å². The van der Waals surface area contributed by atoms with Crippen molar-refractivity contribution in [2.45, 2.75) is 398 Å². The number of amides is 1. The number of aliphatic hydroxyl groups is 2. The van der Waals surface area contributed by atoms with Crippen LogP contribution in [0.1, 0.15) is 386 Å². The molecule has 0 rings (SSSR count). The third-order valence-corrected chi connectivity index (χ3v) is 16.8. The van der Waals surface area contributed by atoms with Gasteiger partial charge in [0.1, 0.15) is 0 Å². The van der Waals surface area contributed by atoms with Crippen LogP contribution in [-0.4, -0.2) is 47.4 Å². The van der Waals surface area contributed by atoms with E-state index in [0.717, 1.165) is 57.8 Å². The van der Waals surface area contributed by atoms with Gasteiger partial charge in [0.05, 0.1) is 25.4 Å². The highest BCUT2D eigenvalue weighted by atomic mass is 16.5. The summed E-state index contributed by atoms with van der Waals surface area (Å²) >= 11 is 0. The minimum absolute atomic E-state index is 0.00123. The molecule has 6 heteroatoms. The molecule has 480 valence electrons. The minimum atomic E-state index is -0.846. The Labute approximate surface area is 511 Å². The van der Waals surface area contributed by atoms with Crippen LogP contribution in [-0.2, 0) is 14.3 Å². The Kier molecular flexibility index (Phi) is 68.9. The van der Waals surface area contributed by atoms with Crippen molar-refractivity contribution in [3.8, 4) is 0 Å². The lowest BCUT2D eigenvalue weighted by atomic mass is 10.0. The Balaban J connectivity index is 3.42. The molecule has 0 fully saturated rings. The fourth-order valence-corrected chi connectivity index (χ4v) is 11.2. The summed E-state index contributed by atoms with van der Waals surface area (Å²) in [6.45, 7) is 4.89. The number of unbranched alkanes of at least 4 members (excludes halogenated alkanes) is 49. The molecule has 2 unspecified atom stereocenters. The van der Waals surface area contributed by atoms with Crippen molar-refractivity contribution >= 4 is 11.9 Å². The second kappa shape index (κ2) is 71.0. The number of hydrogen-bond donors (Lipinski definition) is 3. The van der Waals surface area contributed by atoms with Crippen molar-refractivity contribution in [1.29, 1.82) is 0 Å². The highest BCUT2D eigenvalue weighted by Gasteiger charge is 2.18. The second-order valence-corrected chi connectivity index (χ2v) is 24.9. The SMILES string of the molecule is CCCCC/C=C\C/C=C\CCCCCCCC(=O)OCCCCCCCCCCC/C=C\C/C=C\CCCCCCCCCCCCCCCCCC(=O)NC(CO)C(O)/C=C/CCCCCCCCCCCCCCCCCCC. The van der Waals surface area contributed by atoms with Crippen LogP contribution >= 0.6 is 0 Å². The molecule has 0 aromatic carbocycles. The number of rotatable bonds is 68. The van der Waals surface area contributed by atoms with Gasteiger partial charge in [0.25, 0.3) is 0 Å². The van der Waals surface area contributed by atoms with Gasteiger partial charge in [-0.2, -0.15) is 0 Å². The highest BCUT2D eigenvalue weighted by Crippen LogP contribution is 2.18. The van der Waals surface area contributed by atoms with Gasteiger partial charge in [-0.1, -0.05) is 338 Å². The standard InChI is InChI=1S/C76H141NO5/c1-3-5-7-9-11-13-15-17-19-20-34-37-41-44-48-52-56-60-64-68-74(79)73(72-78)77-75(80)69-65-61-57-53-49-45-42-38-35-32-30-28-26-24-22-21-23-25-27-29-31-33-36-39-43-47-51-55-59-63-67-71-82-76(81)70-66-62-58-54-50-46-40-18-16-14-12-10-8-6-4-2/h12,14,18,23,25,29,31,40,64,68,73-74,78-79H,3-11,13,15-17,19-22,24,26-28,30,32-39,41-63,65-67,69-72H2,1-2H3,(H,77,80)/b14-12-,25-23-,31-29-,40-18-,68-64+. The van der Waals surface area contributed by atoms with Crippen LogP contribution in [0.2, 0.25) is 0 Å². The molecule has 0 aliphatic heterocycles. The maximum Gasteiger partial charge on any atom is 0.305 e. The molecule has 0 saturated heterocycles. The number of allylic oxidation sites excluding steroid dienone is 9. The molecular formula is C76H141NO5. The van der Waals surface area contributed by atoms with Gasteiger partial charge in [0.2, 0.25) is 5.91 Å². The number of carbonyl (C=O) groups is 2. The maximum atomic E-state index is 12.5. The van der Waals surface area contributed by atoms with Crippen molar-refractivity contribution in [1.82, 2.24) is 5.32 Å². The fourth-order valence-electron chi connectivity index (χ4n) is 11.2. The molecule has 0 heterocycles. The normalized spacial score (nSPS) is 12.9. The predicted molar refractivity (Wildman–Crippen MR) is 361 cm³/mol. The lowest BCUT2D eigenvalue weighted by Gasteiger charge is -2.20. The molecule has 0 bridgehead atoms. The Morgan fingerprint density at radius 2 is 0.610 bits per heavy atom. The summed E-state index contributed by atoms with van der Waals surface area (Å²) in [7, 11) is 0. The summed E-state index contributed by atoms with van der Waals surface area (Å²) in [4.78, 5) is 24.6. The van der Waals surface area contributed by atoms with Gasteiger partial charge in [-0.3, -0.25) is 9.59 Å². The highest BCUT2D eigenvalue weighted by molar-refractivity contribution is 5.76. The van der Waals surface area contributed by atoms with E-state index in [1.807, 2.05) is 6.08 Å². The zero-order valence-electron chi connectivity index (χ0n) is 55.0. The Morgan fingerprint density at radius 3 is 0.951 bits per heavy atom. The van der Waals surface area contributed by atoms with E-state index in [9.17, 15) is 19.8 Å². The Bertz CT molecular complexity index is 1420. The first-order chi connectivity index (χ1) is 40.5. The van der Waals surface area contributed by atoms with Crippen molar-refractivity contribution < 1.29 is 24.5 Å². The third-order valence-electron chi connectivity index (χ3n) is 16.8. The van der Waals surface area contributed by atoms with Gasteiger partial charge >= 0.3 is 5.97 Å². The largest absolute Gasteiger partial charge is 0.466 e. The summed E-state index contributed by atoms with van der Waals surface area (Å²) in [5.74, 6) is -0.0660. The molecule has 0 aromatic rings. The van der Waals surface area contributed by atoms with E-state index in [0.29, 0.717) is 19.4 Å². The van der Waals surface area contributed by atoms with Gasteiger partial charge in [0.15, 0.2) is 0 Å². The summed E-state index contributed by atoms with van der Waals surface area (Å²) in [6, 6.07) is -0.629. The van der Waals surface area contributed by atoms with Crippen LogP contribution in [0, 0.1) is 0 Å². The number of carbonyl (C=O) groups excluding carboxylic acids is 2. The van der Waals surface area contributed by atoms with E-state index >= 15 is 0 Å². The van der Waals surface area contributed by atoms with E-state index in [1.165, 1.54) is 302 Å². The van der Waals surface area contributed by atoms with E-state index in [-0.39, 0.29) is 18.5 Å². The molecule has 3 N–H and O–H groups in total. The van der Waals surface area contributed by atoms with Gasteiger partial charge < -0.3 is 20.3 Å².